The molecule has 0 spiro atoms. The molecule has 0 saturated carbocycles. The Morgan fingerprint density at radius 1 is 1.31 bits per heavy atom. The SMILES string of the molecule is Cc1ccc(/C=C/C(C)C)c(Cl)c1. The standard InChI is InChI=1S/C12H15Cl/c1-9(2)4-6-11-7-5-10(3)8-12(11)13/h4-9H,1-3H3/b6-4+. The van der Waals surface area contributed by atoms with E-state index in [0.29, 0.717) is 5.92 Å². The molecule has 0 aromatic heterocycles. The molecular formula is C12H15Cl. The van der Waals surface area contributed by atoms with Crippen LogP contribution >= 0.6 is 11.6 Å². The summed E-state index contributed by atoms with van der Waals surface area (Å²) in [5.74, 6) is 0.567. The van der Waals surface area contributed by atoms with Gasteiger partial charge in [-0.25, -0.2) is 0 Å². The Bertz CT molecular complexity index is 311. The molecule has 0 nitrogen and oxygen atoms in total. The van der Waals surface area contributed by atoms with Crippen molar-refractivity contribution in [1.82, 2.24) is 0 Å². The summed E-state index contributed by atoms with van der Waals surface area (Å²) < 4.78 is 0. The Hall–Kier alpha value is -0.750. The van der Waals surface area contributed by atoms with Gasteiger partial charge in [0, 0.05) is 5.02 Å². The van der Waals surface area contributed by atoms with E-state index < -0.39 is 0 Å². The maximum atomic E-state index is 6.06. The molecule has 13 heavy (non-hydrogen) atoms. The molecule has 0 aliphatic heterocycles. The van der Waals surface area contributed by atoms with Gasteiger partial charge in [0.05, 0.1) is 0 Å². The third kappa shape index (κ3) is 3.23. The van der Waals surface area contributed by atoms with Gasteiger partial charge in [0.1, 0.15) is 0 Å². The number of aryl methyl sites for hydroxylation is 1. The Labute approximate surface area is 85.2 Å². The van der Waals surface area contributed by atoms with Crippen molar-refractivity contribution in [1.29, 1.82) is 0 Å². The highest BCUT2D eigenvalue weighted by molar-refractivity contribution is 6.32. The third-order valence-corrected chi connectivity index (χ3v) is 2.14. The van der Waals surface area contributed by atoms with Crippen molar-refractivity contribution in [3.8, 4) is 0 Å². The number of halogens is 1. The summed E-state index contributed by atoms with van der Waals surface area (Å²) in [7, 11) is 0. The fraction of sp³-hybridized carbons (Fsp3) is 0.333. The van der Waals surface area contributed by atoms with Crippen LogP contribution in [-0.2, 0) is 0 Å². The van der Waals surface area contributed by atoms with Crippen LogP contribution in [0.5, 0.6) is 0 Å². The Morgan fingerprint density at radius 2 is 2.00 bits per heavy atom. The van der Waals surface area contributed by atoms with Crippen molar-refractivity contribution in [2.75, 3.05) is 0 Å². The molecular weight excluding hydrogens is 180 g/mol. The molecule has 70 valence electrons. The largest absolute Gasteiger partial charge is 0.0837 e. The summed E-state index contributed by atoms with van der Waals surface area (Å²) in [5.41, 5.74) is 2.30. The van der Waals surface area contributed by atoms with E-state index in [1.165, 1.54) is 5.56 Å². The summed E-state index contributed by atoms with van der Waals surface area (Å²) in [6.45, 7) is 6.35. The van der Waals surface area contributed by atoms with Gasteiger partial charge in [0.2, 0.25) is 0 Å². The normalized spacial score (nSPS) is 11.5. The Balaban J connectivity index is 2.90. The minimum absolute atomic E-state index is 0.567. The predicted molar refractivity (Wildman–Crippen MR) is 60.1 cm³/mol. The Morgan fingerprint density at radius 3 is 2.54 bits per heavy atom. The first-order valence-electron chi connectivity index (χ1n) is 4.54. The molecule has 0 bridgehead atoms. The average Bonchev–Trinajstić information content (AvgIpc) is 2.02. The zero-order valence-electron chi connectivity index (χ0n) is 8.34. The van der Waals surface area contributed by atoms with Crippen LogP contribution in [0, 0.1) is 12.8 Å². The van der Waals surface area contributed by atoms with Gasteiger partial charge in [-0.2, -0.15) is 0 Å². The van der Waals surface area contributed by atoms with Crippen molar-refractivity contribution in [3.05, 3.63) is 40.4 Å². The highest BCUT2D eigenvalue weighted by atomic mass is 35.5. The summed E-state index contributed by atoms with van der Waals surface area (Å²) in [6.07, 6.45) is 4.23. The van der Waals surface area contributed by atoms with Crippen molar-refractivity contribution < 1.29 is 0 Å². The molecule has 0 atom stereocenters. The summed E-state index contributed by atoms with van der Waals surface area (Å²) in [6, 6.07) is 6.12. The molecule has 1 aromatic rings. The van der Waals surface area contributed by atoms with E-state index in [-0.39, 0.29) is 0 Å². The predicted octanol–water partition coefficient (Wildman–Crippen LogP) is 4.32. The highest BCUT2D eigenvalue weighted by Crippen LogP contribution is 2.19. The minimum atomic E-state index is 0.567. The molecule has 0 aliphatic rings. The molecule has 0 amide bonds. The van der Waals surface area contributed by atoms with Gasteiger partial charge in [-0.05, 0) is 30.0 Å². The lowest BCUT2D eigenvalue weighted by Gasteiger charge is -2.00. The summed E-state index contributed by atoms with van der Waals surface area (Å²) >= 11 is 6.06. The van der Waals surface area contributed by atoms with Gasteiger partial charge in [-0.3, -0.25) is 0 Å². The van der Waals surface area contributed by atoms with Crippen LogP contribution in [0.15, 0.2) is 24.3 Å². The lowest BCUT2D eigenvalue weighted by atomic mass is 10.1. The maximum Gasteiger partial charge on any atom is 0.0480 e. The van der Waals surface area contributed by atoms with Crippen LogP contribution in [0.4, 0.5) is 0 Å². The van der Waals surface area contributed by atoms with E-state index in [1.807, 2.05) is 13.0 Å². The number of hydrogen-bond donors (Lipinski definition) is 0. The fourth-order valence-electron chi connectivity index (χ4n) is 1.06. The quantitative estimate of drug-likeness (QED) is 0.658. The zero-order valence-corrected chi connectivity index (χ0v) is 9.10. The smallest absolute Gasteiger partial charge is 0.0480 e. The first kappa shape index (κ1) is 10.3. The van der Waals surface area contributed by atoms with E-state index in [0.717, 1.165) is 10.6 Å². The van der Waals surface area contributed by atoms with Gasteiger partial charge in [-0.1, -0.05) is 49.7 Å². The Kier molecular flexibility index (Phi) is 3.56. The van der Waals surface area contributed by atoms with Crippen LogP contribution in [0.3, 0.4) is 0 Å². The van der Waals surface area contributed by atoms with E-state index in [4.69, 9.17) is 11.6 Å². The first-order valence-corrected chi connectivity index (χ1v) is 4.92. The van der Waals surface area contributed by atoms with Gasteiger partial charge >= 0.3 is 0 Å². The van der Waals surface area contributed by atoms with E-state index in [2.05, 4.69) is 38.1 Å². The van der Waals surface area contributed by atoms with Gasteiger partial charge in [0.25, 0.3) is 0 Å². The lowest BCUT2D eigenvalue weighted by molar-refractivity contribution is 0.836. The summed E-state index contributed by atoms with van der Waals surface area (Å²) in [5, 5.41) is 0.830. The van der Waals surface area contributed by atoms with E-state index >= 15 is 0 Å². The molecule has 0 N–H and O–H groups in total. The molecule has 0 heterocycles. The molecule has 0 saturated heterocycles. The second-order valence-electron chi connectivity index (χ2n) is 3.63. The highest BCUT2D eigenvalue weighted by Gasteiger charge is 1.95. The molecule has 0 unspecified atom stereocenters. The monoisotopic (exact) mass is 194 g/mol. The summed E-state index contributed by atoms with van der Waals surface area (Å²) in [4.78, 5) is 0. The number of hydrogen-bond acceptors (Lipinski definition) is 0. The third-order valence-electron chi connectivity index (χ3n) is 1.82. The van der Waals surface area contributed by atoms with Gasteiger partial charge in [-0.15, -0.1) is 0 Å². The topological polar surface area (TPSA) is 0 Å². The maximum absolute atomic E-state index is 6.06. The second-order valence-corrected chi connectivity index (χ2v) is 4.04. The second kappa shape index (κ2) is 4.48. The van der Waals surface area contributed by atoms with Crippen molar-refractivity contribution in [2.45, 2.75) is 20.8 Å². The zero-order chi connectivity index (χ0) is 9.84. The van der Waals surface area contributed by atoms with Crippen LogP contribution in [0.2, 0.25) is 5.02 Å². The van der Waals surface area contributed by atoms with Crippen molar-refractivity contribution in [2.24, 2.45) is 5.92 Å². The minimum Gasteiger partial charge on any atom is -0.0837 e. The van der Waals surface area contributed by atoms with Crippen LogP contribution in [0.1, 0.15) is 25.0 Å². The van der Waals surface area contributed by atoms with Crippen molar-refractivity contribution in [3.63, 3.8) is 0 Å². The van der Waals surface area contributed by atoms with Gasteiger partial charge < -0.3 is 0 Å². The first-order chi connectivity index (χ1) is 6.09. The molecule has 0 fully saturated rings. The fourth-order valence-corrected chi connectivity index (χ4v) is 1.36. The average molecular weight is 195 g/mol. The van der Waals surface area contributed by atoms with Crippen LogP contribution < -0.4 is 0 Å². The molecule has 1 heteroatoms. The lowest BCUT2D eigenvalue weighted by Crippen LogP contribution is -1.80. The molecule has 1 rings (SSSR count). The van der Waals surface area contributed by atoms with E-state index in [9.17, 15) is 0 Å². The molecule has 0 radical (unpaired) electrons. The number of rotatable bonds is 2. The molecule has 1 aromatic carbocycles. The van der Waals surface area contributed by atoms with Crippen LogP contribution in [0.25, 0.3) is 6.08 Å². The van der Waals surface area contributed by atoms with Crippen LogP contribution in [-0.4, -0.2) is 0 Å². The van der Waals surface area contributed by atoms with Gasteiger partial charge in [0.15, 0.2) is 0 Å². The van der Waals surface area contributed by atoms with Crippen molar-refractivity contribution >= 4 is 17.7 Å². The number of benzene rings is 1. The van der Waals surface area contributed by atoms with E-state index in [1.54, 1.807) is 0 Å². The molecule has 0 aliphatic carbocycles. The number of allylic oxidation sites excluding steroid dienone is 1.